The first-order valence-electron chi connectivity index (χ1n) is 10.9. The van der Waals surface area contributed by atoms with Gasteiger partial charge in [-0.1, -0.05) is 20.3 Å². The fraction of sp³-hybridized carbons (Fsp3) is 0.870. The SMILES string of the molecule is CC(=O)OC[C@@]1(C)CCC[C@]2(C)C1CC[C@]13CC(=O)[C@H](C[C@H](OC(C)=O)C12)C3. The number of rotatable bonds is 3. The van der Waals surface area contributed by atoms with Crippen LogP contribution in [0.1, 0.15) is 79.1 Å². The molecule has 4 saturated carbocycles. The number of hydrogen-bond acceptors (Lipinski definition) is 5. The Morgan fingerprint density at radius 2 is 1.86 bits per heavy atom. The van der Waals surface area contributed by atoms with Crippen molar-refractivity contribution in [3.8, 4) is 0 Å². The van der Waals surface area contributed by atoms with Crippen LogP contribution in [0.4, 0.5) is 0 Å². The molecule has 2 unspecified atom stereocenters. The van der Waals surface area contributed by atoms with Crippen LogP contribution in [0, 0.1) is 34.0 Å². The van der Waals surface area contributed by atoms with Gasteiger partial charge in [0.15, 0.2) is 0 Å². The maximum absolute atomic E-state index is 12.7. The van der Waals surface area contributed by atoms with E-state index in [1.165, 1.54) is 13.8 Å². The topological polar surface area (TPSA) is 69.7 Å². The first-order valence-corrected chi connectivity index (χ1v) is 10.9. The van der Waals surface area contributed by atoms with Crippen LogP contribution < -0.4 is 0 Å². The van der Waals surface area contributed by atoms with E-state index in [9.17, 15) is 14.4 Å². The third-order valence-corrected chi connectivity index (χ3v) is 8.85. The molecule has 5 nitrogen and oxygen atoms in total. The van der Waals surface area contributed by atoms with Crippen molar-refractivity contribution < 1.29 is 23.9 Å². The third-order valence-electron chi connectivity index (χ3n) is 8.85. The minimum Gasteiger partial charge on any atom is -0.465 e. The van der Waals surface area contributed by atoms with Crippen LogP contribution in [-0.4, -0.2) is 30.4 Å². The monoisotopic (exact) mass is 390 g/mol. The van der Waals surface area contributed by atoms with Crippen molar-refractivity contribution in [2.75, 3.05) is 6.61 Å². The molecule has 1 spiro atoms. The molecule has 4 aliphatic rings. The summed E-state index contributed by atoms with van der Waals surface area (Å²) in [6.07, 6.45) is 7.48. The van der Waals surface area contributed by atoms with Gasteiger partial charge in [-0.25, -0.2) is 0 Å². The highest BCUT2D eigenvalue weighted by Gasteiger charge is 2.68. The summed E-state index contributed by atoms with van der Waals surface area (Å²) in [5.74, 6) is 0.617. The molecular weight excluding hydrogens is 356 g/mol. The summed E-state index contributed by atoms with van der Waals surface area (Å²) in [5, 5.41) is 0. The molecule has 0 amide bonds. The highest BCUT2D eigenvalue weighted by molar-refractivity contribution is 5.85. The Kier molecular flexibility index (Phi) is 4.67. The number of Topliss-reactive ketones (excluding diaryl/α,β-unsaturated/α-hetero) is 1. The summed E-state index contributed by atoms with van der Waals surface area (Å²) in [4.78, 5) is 36.1. The maximum atomic E-state index is 12.7. The Labute approximate surface area is 167 Å². The van der Waals surface area contributed by atoms with Crippen LogP contribution in [0.3, 0.4) is 0 Å². The highest BCUT2D eigenvalue weighted by atomic mass is 16.5. The van der Waals surface area contributed by atoms with E-state index in [-0.39, 0.29) is 46.1 Å². The molecular formula is C23H34O5. The van der Waals surface area contributed by atoms with Crippen LogP contribution in [0.2, 0.25) is 0 Å². The van der Waals surface area contributed by atoms with Gasteiger partial charge in [-0.15, -0.1) is 0 Å². The number of ketones is 1. The molecule has 4 aliphatic carbocycles. The predicted octanol–water partition coefficient (Wildman–Crippen LogP) is 4.07. The number of esters is 2. The van der Waals surface area contributed by atoms with E-state index in [1.54, 1.807) is 0 Å². The van der Waals surface area contributed by atoms with Gasteiger partial charge in [-0.3, -0.25) is 14.4 Å². The van der Waals surface area contributed by atoms with E-state index in [4.69, 9.17) is 9.47 Å². The van der Waals surface area contributed by atoms with Gasteiger partial charge >= 0.3 is 11.9 Å². The van der Waals surface area contributed by atoms with E-state index in [2.05, 4.69) is 13.8 Å². The van der Waals surface area contributed by atoms with Crippen LogP contribution in [0.15, 0.2) is 0 Å². The first kappa shape index (κ1) is 19.9. The summed E-state index contributed by atoms with van der Waals surface area (Å²) in [6, 6.07) is 0. The van der Waals surface area contributed by atoms with E-state index >= 15 is 0 Å². The van der Waals surface area contributed by atoms with Crippen LogP contribution in [0.25, 0.3) is 0 Å². The smallest absolute Gasteiger partial charge is 0.302 e. The predicted molar refractivity (Wildman–Crippen MR) is 103 cm³/mol. The molecule has 0 radical (unpaired) electrons. The normalized spacial score (nSPS) is 47.1. The molecule has 0 aromatic heterocycles. The van der Waals surface area contributed by atoms with Crippen LogP contribution >= 0.6 is 0 Å². The van der Waals surface area contributed by atoms with Gasteiger partial charge in [0.2, 0.25) is 0 Å². The molecule has 4 rings (SSSR count). The second-order valence-corrected chi connectivity index (χ2v) is 10.7. The van der Waals surface area contributed by atoms with Gasteiger partial charge in [-0.2, -0.15) is 0 Å². The number of fused-ring (bicyclic) bond motifs is 3. The molecule has 5 heteroatoms. The van der Waals surface area contributed by atoms with Gasteiger partial charge < -0.3 is 9.47 Å². The molecule has 0 N–H and O–H groups in total. The summed E-state index contributed by atoms with van der Waals surface area (Å²) >= 11 is 0. The average molecular weight is 391 g/mol. The van der Waals surface area contributed by atoms with Crippen LogP contribution in [0.5, 0.6) is 0 Å². The number of carbonyl (C=O) groups is 3. The molecule has 156 valence electrons. The Morgan fingerprint density at radius 3 is 2.54 bits per heavy atom. The minimum atomic E-state index is -0.238. The molecule has 2 bridgehead atoms. The zero-order chi connectivity index (χ0) is 20.3. The Balaban J connectivity index is 1.72. The molecule has 0 aliphatic heterocycles. The van der Waals surface area contributed by atoms with Gasteiger partial charge in [0.25, 0.3) is 0 Å². The molecule has 7 atom stereocenters. The van der Waals surface area contributed by atoms with Crippen molar-refractivity contribution in [1.29, 1.82) is 0 Å². The van der Waals surface area contributed by atoms with Crippen molar-refractivity contribution in [2.24, 2.45) is 34.0 Å². The fourth-order valence-corrected chi connectivity index (χ4v) is 8.17. The lowest BCUT2D eigenvalue weighted by atomic mass is 9.40. The number of hydrogen-bond donors (Lipinski definition) is 0. The Hall–Kier alpha value is -1.39. The second-order valence-electron chi connectivity index (χ2n) is 10.7. The van der Waals surface area contributed by atoms with Crippen molar-refractivity contribution in [1.82, 2.24) is 0 Å². The van der Waals surface area contributed by atoms with E-state index in [0.29, 0.717) is 31.1 Å². The summed E-state index contributed by atoms with van der Waals surface area (Å²) < 4.78 is 11.4. The highest BCUT2D eigenvalue weighted by Crippen LogP contribution is 2.71. The van der Waals surface area contributed by atoms with Crippen molar-refractivity contribution >= 4 is 17.7 Å². The third kappa shape index (κ3) is 2.91. The molecule has 0 saturated heterocycles. The van der Waals surface area contributed by atoms with Gasteiger partial charge in [0.1, 0.15) is 11.9 Å². The Morgan fingerprint density at radius 1 is 1.11 bits per heavy atom. The molecule has 4 fully saturated rings. The van der Waals surface area contributed by atoms with Gasteiger partial charge in [0, 0.05) is 37.5 Å². The lowest BCUT2D eigenvalue weighted by molar-refractivity contribution is -0.209. The van der Waals surface area contributed by atoms with Crippen molar-refractivity contribution in [2.45, 2.75) is 85.2 Å². The largest absolute Gasteiger partial charge is 0.465 e. The van der Waals surface area contributed by atoms with E-state index in [1.807, 2.05) is 0 Å². The molecule has 0 heterocycles. The van der Waals surface area contributed by atoms with Crippen LogP contribution in [-0.2, 0) is 23.9 Å². The first-order chi connectivity index (χ1) is 13.1. The molecule has 28 heavy (non-hydrogen) atoms. The van der Waals surface area contributed by atoms with Crippen molar-refractivity contribution in [3.05, 3.63) is 0 Å². The maximum Gasteiger partial charge on any atom is 0.302 e. The standard InChI is InChI=1S/C23H34O5/c1-14(24)27-13-21(3)7-5-8-22(4)19(21)6-9-23-11-16(17(26)12-23)10-18(20(22)23)28-15(2)25/h16,18-20H,5-13H2,1-4H3/t16-,18+,19?,20?,21-,22-,23+/m1/s1. The summed E-state index contributed by atoms with van der Waals surface area (Å²) in [6.45, 7) is 8.06. The van der Waals surface area contributed by atoms with Gasteiger partial charge in [-0.05, 0) is 55.3 Å². The minimum absolute atomic E-state index is 0.00110. The van der Waals surface area contributed by atoms with E-state index < -0.39 is 0 Å². The lowest BCUT2D eigenvalue weighted by Crippen LogP contribution is -2.61. The van der Waals surface area contributed by atoms with Crippen molar-refractivity contribution in [3.63, 3.8) is 0 Å². The molecule has 0 aromatic rings. The number of ether oxygens (including phenoxy) is 2. The quantitative estimate of drug-likeness (QED) is 0.679. The second kappa shape index (κ2) is 6.56. The Bertz CT molecular complexity index is 701. The summed E-state index contributed by atoms with van der Waals surface area (Å²) in [5.41, 5.74) is -0.0628. The lowest BCUT2D eigenvalue weighted by Gasteiger charge is -2.65. The van der Waals surface area contributed by atoms with E-state index in [0.717, 1.165) is 38.5 Å². The zero-order valence-electron chi connectivity index (χ0n) is 17.7. The summed E-state index contributed by atoms with van der Waals surface area (Å²) in [7, 11) is 0. The average Bonchev–Trinajstić information content (AvgIpc) is 2.82. The zero-order valence-corrected chi connectivity index (χ0v) is 17.7. The van der Waals surface area contributed by atoms with Gasteiger partial charge in [0.05, 0.1) is 6.61 Å². The molecule has 0 aromatic carbocycles. The fourth-order valence-electron chi connectivity index (χ4n) is 8.17. The number of carbonyl (C=O) groups excluding carboxylic acids is 3.